The molecule has 1 aliphatic rings. The number of hydrogen-bond acceptors (Lipinski definition) is 2. The van der Waals surface area contributed by atoms with Crippen molar-refractivity contribution in [1.82, 2.24) is 9.88 Å². The molecule has 0 radical (unpaired) electrons. The Bertz CT molecular complexity index is 781. The van der Waals surface area contributed by atoms with Gasteiger partial charge in [0.15, 0.2) is 0 Å². The molecule has 3 aromatic rings. The van der Waals surface area contributed by atoms with E-state index in [9.17, 15) is 0 Å². The van der Waals surface area contributed by atoms with Gasteiger partial charge in [-0.2, -0.15) is 0 Å². The van der Waals surface area contributed by atoms with Crippen LogP contribution in [-0.2, 0) is 6.54 Å². The molecule has 0 bridgehead atoms. The molecule has 0 saturated carbocycles. The van der Waals surface area contributed by atoms with Gasteiger partial charge in [0.25, 0.3) is 0 Å². The Labute approximate surface area is 143 Å². The SMILES string of the molecule is c1ccc(OCCC2CCN(Cc3ccc4[nH]ccc4c3)C2)cc1. The molecule has 2 aromatic carbocycles. The fraction of sp³-hybridized carbons (Fsp3) is 0.333. The quantitative estimate of drug-likeness (QED) is 0.726. The summed E-state index contributed by atoms with van der Waals surface area (Å²) in [6.07, 6.45) is 4.43. The Morgan fingerprint density at radius 1 is 1.08 bits per heavy atom. The summed E-state index contributed by atoms with van der Waals surface area (Å²) in [5, 5.41) is 1.31. The van der Waals surface area contributed by atoms with E-state index in [-0.39, 0.29) is 0 Å². The van der Waals surface area contributed by atoms with Gasteiger partial charge in [0.1, 0.15) is 5.75 Å². The topological polar surface area (TPSA) is 28.3 Å². The molecule has 3 heteroatoms. The molecule has 1 unspecified atom stereocenters. The monoisotopic (exact) mass is 320 g/mol. The van der Waals surface area contributed by atoms with E-state index in [0.717, 1.165) is 31.2 Å². The van der Waals surface area contributed by atoms with Crippen molar-refractivity contribution >= 4 is 10.9 Å². The maximum absolute atomic E-state index is 5.84. The van der Waals surface area contributed by atoms with Crippen LogP contribution in [0.3, 0.4) is 0 Å². The molecule has 1 aromatic heterocycles. The summed E-state index contributed by atoms with van der Waals surface area (Å²) >= 11 is 0. The van der Waals surface area contributed by atoms with Gasteiger partial charge >= 0.3 is 0 Å². The average Bonchev–Trinajstić information content (AvgIpc) is 3.25. The van der Waals surface area contributed by atoms with Gasteiger partial charge in [-0.3, -0.25) is 4.90 Å². The van der Waals surface area contributed by atoms with Crippen LogP contribution in [0.5, 0.6) is 5.75 Å². The highest BCUT2D eigenvalue weighted by atomic mass is 16.5. The van der Waals surface area contributed by atoms with Gasteiger partial charge in [-0.1, -0.05) is 24.3 Å². The van der Waals surface area contributed by atoms with Crippen LogP contribution in [0.15, 0.2) is 60.8 Å². The van der Waals surface area contributed by atoms with Crippen molar-refractivity contribution in [3.63, 3.8) is 0 Å². The van der Waals surface area contributed by atoms with Gasteiger partial charge in [0.05, 0.1) is 6.61 Å². The van der Waals surface area contributed by atoms with Crippen molar-refractivity contribution in [3.8, 4) is 5.75 Å². The summed E-state index contributed by atoms with van der Waals surface area (Å²) in [5.41, 5.74) is 2.62. The second kappa shape index (κ2) is 7.10. The smallest absolute Gasteiger partial charge is 0.119 e. The minimum atomic E-state index is 0.754. The standard InChI is InChI=1S/C21H24N2O/c1-2-4-20(5-3-1)24-13-10-17-9-12-23(15-17)16-18-6-7-21-19(14-18)8-11-22-21/h1-8,11,14,17,22H,9-10,12-13,15-16H2. The number of hydrogen-bond donors (Lipinski definition) is 1. The number of fused-ring (bicyclic) bond motifs is 1. The molecule has 4 rings (SSSR count). The van der Waals surface area contributed by atoms with Crippen LogP contribution in [0.4, 0.5) is 0 Å². The Morgan fingerprint density at radius 3 is 2.92 bits per heavy atom. The summed E-state index contributed by atoms with van der Waals surface area (Å²) in [4.78, 5) is 5.83. The molecule has 0 amide bonds. The lowest BCUT2D eigenvalue weighted by molar-refractivity contribution is 0.266. The number of benzene rings is 2. The summed E-state index contributed by atoms with van der Waals surface area (Å²) in [6.45, 7) is 4.25. The number of ether oxygens (including phenoxy) is 1. The molecule has 0 spiro atoms. The van der Waals surface area contributed by atoms with E-state index < -0.39 is 0 Å². The van der Waals surface area contributed by atoms with Gasteiger partial charge in [0, 0.05) is 24.8 Å². The largest absolute Gasteiger partial charge is 0.494 e. The number of likely N-dealkylation sites (tertiary alicyclic amines) is 1. The van der Waals surface area contributed by atoms with E-state index in [2.05, 4.69) is 34.1 Å². The van der Waals surface area contributed by atoms with E-state index >= 15 is 0 Å². The molecule has 1 saturated heterocycles. The first kappa shape index (κ1) is 15.3. The predicted molar refractivity (Wildman–Crippen MR) is 98.2 cm³/mol. The van der Waals surface area contributed by atoms with Crippen molar-refractivity contribution in [3.05, 3.63) is 66.4 Å². The molecule has 24 heavy (non-hydrogen) atoms. The number of H-pyrrole nitrogens is 1. The second-order valence-electron chi connectivity index (χ2n) is 6.74. The van der Waals surface area contributed by atoms with Crippen molar-refractivity contribution in [2.45, 2.75) is 19.4 Å². The van der Waals surface area contributed by atoms with Crippen molar-refractivity contribution < 1.29 is 4.74 Å². The number of nitrogens with one attached hydrogen (secondary N) is 1. The van der Waals surface area contributed by atoms with Crippen molar-refractivity contribution in [1.29, 1.82) is 0 Å². The van der Waals surface area contributed by atoms with Crippen LogP contribution in [0, 0.1) is 5.92 Å². The molecule has 1 atom stereocenters. The molecule has 2 heterocycles. The lowest BCUT2D eigenvalue weighted by atomic mass is 10.1. The molecule has 124 valence electrons. The highest BCUT2D eigenvalue weighted by molar-refractivity contribution is 5.79. The van der Waals surface area contributed by atoms with Gasteiger partial charge in [-0.25, -0.2) is 0 Å². The zero-order valence-corrected chi connectivity index (χ0v) is 13.9. The van der Waals surface area contributed by atoms with Crippen LogP contribution in [0.1, 0.15) is 18.4 Å². The van der Waals surface area contributed by atoms with Gasteiger partial charge in [-0.15, -0.1) is 0 Å². The number of aromatic amines is 1. The predicted octanol–water partition coefficient (Wildman–Crippen LogP) is 4.46. The first-order valence-electron chi connectivity index (χ1n) is 8.83. The number of nitrogens with zero attached hydrogens (tertiary/aromatic N) is 1. The van der Waals surface area contributed by atoms with E-state index in [1.165, 1.54) is 36.0 Å². The molecule has 0 aliphatic carbocycles. The van der Waals surface area contributed by atoms with Crippen LogP contribution >= 0.6 is 0 Å². The third-order valence-corrected chi connectivity index (χ3v) is 4.93. The highest BCUT2D eigenvalue weighted by Crippen LogP contribution is 2.23. The third kappa shape index (κ3) is 3.62. The Kier molecular flexibility index (Phi) is 4.52. The minimum Gasteiger partial charge on any atom is -0.494 e. The lowest BCUT2D eigenvalue weighted by Gasteiger charge is -2.16. The summed E-state index contributed by atoms with van der Waals surface area (Å²) in [6, 6.07) is 19.0. The Hall–Kier alpha value is -2.26. The van der Waals surface area contributed by atoms with E-state index in [1.807, 2.05) is 36.5 Å². The van der Waals surface area contributed by atoms with Gasteiger partial charge in [0.2, 0.25) is 0 Å². The van der Waals surface area contributed by atoms with E-state index in [4.69, 9.17) is 4.74 Å². The third-order valence-electron chi connectivity index (χ3n) is 4.93. The molecular weight excluding hydrogens is 296 g/mol. The normalized spacial score (nSPS) is 18.2. The van der Waals surface area contributed by atoms with E-state index in [0.29, 0.717) is 0 Å². The number of para-hydroxylation sites is 1. The molecule has 1 fully saturated rings. The van der Waals surface area contributed by atoms with Crippen LogP contribution < -0.4 is 4.74 Å². The molecular formula is C21H24N2O. The number of aromatic nitrogens is 1. The average molecular weight is 320 g/mol. The fourth-order valence-electron chi connectivity index (χ4n) is 3.61. The molecule has 1 N–H and O–H groups in total. The minimum absolute atomic E-state index is 0.754. The fourth-order valence-corrected chi connectivity index (χ4v) is 3.61. The second-order valence-corrected chi connectivity index (χ2v) is 6.74. The zero-order valence-electron chi connectivity index (χ0n) is 13.9. The van der Waals surface area contributed by atoms with Crippen molar-refractivity contribution in [2.24, 2.45) is 5.92 Å². The van der Waals surface area contributed by atoms with E-state index in [1.54, 1.807) is 0 Å². The zero-order chi connectivity index (χ0) is 16.2. The number of rotatable bonds is 6. The first-order chi connectivity index (χ1) is 11.9. The Morgan fingerprint density at radius 2 is 2.00 bits per heavy atom. The van der Waals surface area contributed by atoms with Crippen LogP contribution in [-0.4, -0.2) is 29.6 Å². The Balaban J connectivity index is 1.25. The molecule has 1 aliphatic heterocycles. The maximum Gasteiger partial charge on any atom is 0.119 e. The lowest BCUT2D eigenvalue weighted by Crippen LogP contribution is -2.20. The maximum atomic E-state index is 5.84. The molecule has 3 nitrogen and oxygen atoms in total. The first-order valence-corrected chi connectivity index (χ1v) is 8.83. The van der Waals surface area contributed by atoms with Gasteiger partial charge in [-0.05, 0) is 66.6 Å². The van der Waals surface area contributed by atoms with Crippen LogP contribution in [0.25, 0.3) is 10.9 Å². The van der Waals surface area contributed by atoms with Crippen molar-refractivity contribution in [2.75, 3.05) is 19.7 Å². The van der Waals surface area contributed by atoms with Gasteiger partial charge < -0.3 is 9.72 Å². The summed E-state index contributed by atoms with van der Waals surface area (Å²) in [7, 11) is 0. The summed E-state index contributed by atoms with van der Waals surface area (Å²) in [5.74, 6) is 1.73. The summed E-state index contributed by atoms with van der Waals surface area (Å²) < 4.78 is 5.84. The highest BCUT2D eigenvalue weighted by Gasteiger charge is 2.22. The van der Waals surface area contributed by atoms with Crippen LogP contribution in [0.2, 0.25) is 0 Å².